The smallest absolute Gasteiger partial charge is 0.126 e. The van der Waals surface area contributed by atoms with Crippen LogP contribution in [0.4, 0.5) is 0 Å². The van der Waals surface area contributed by atoms with Crippen LogP contribution in [0.2, 0.25) is 5.02 Å². The number of hydrogen-bond donors (Lipinski definition) is 1. The molecular formula is C13H13ClO3. The third-order valence-electron chi connectivity index (χ3n) is 2.45. The molecule has 0 amide bonds. The molecule has 2 rings (SSSR count). The zero-order chi connectivity index (χ0) is 12.3. The zero-order valence-electron chi connectivity index (χ0n) is 9.34. The van der Waals surface area contributed by atoms with Gasteiger partial charge in [0.05, 0.1) is 12.5 Å². The monoisotopic (exact) mass is 252 g/mol. The molecule has 0 bridgehead atoms. The number of hydrogen-bond acceptors (Lipinski definition) is 3. The van der Waals surface area contributed by atoms with Crippen LogP contribution < -0.4 is 4.74 Å². The third kappa shape index (κ3) is 3.02. The minimum Gasteiger partial charge on any atom is -0.488 e. The first-order chi connectivity index (χ1) is 8.16. The molecule has 1 heterocycles. The number of aliphatic hydroxyl groups is 1. The van der Waals surface area contributed by atoms with E-state index in [0.29, 0.717) is 16.3 Å². The second-order valence-corrected chi connectivity index (χ2v) is 4.22. The van der Waals surface area contributed by atoms with E-state index in [2.05, 4.69) is 0 Å². The number of furan rings is 1. The topological polar surface area (TPSA) is 42.6 Å². The fraction of sp³-hybridized carbons (Fsp3) is 0.231. The second-order valence-electron chi connectivity index (χ2n) is 3.78. The van der Waals surface area contributed by atoms with Crippen molar-refractivity contribution in [2.75, 3.05) is 0 Å². The largest absolute Gasteiger partial charge is 0.488 e. The van der Waals surface area contributed by atoms with Gasteiger partial charge in [0.2, 0.25) is 0 Å². The molecule has 0 aliphatic heterocycles. The lowest BCUT2D eigenvalue weighted by Crippen LogP contribution is -2.21. The van der Waals surface area contributed by atoms with Gasteiger partial charge < -0.3 is 14.3 Å². The van der Waals surface area contributed by atoms with Crippen LogP contribution in [0.25, 0.3) is 0 Å². The van der Waals surface area contributed by atoms with Crippen LogP contribution in [0.15, 0.2) is 47.3 Å². The van der Waals surface area contributed by atoms with Crippen molar-refractivity contribution in [2.45, 2.75) is 19.1 Å². The highest BCUT2D eigenvalue weighted by atomic mass is 35.5. The summed E-state index contributed by atoms with van der Waals surface area (Å²) in [5, 5.41) is 10.6. The van der Waals surface area contributed by atoms with Crippen molar-refractivity contribution in [3.05, 3.63) is 53.4 Å². The van der Waals surface area contributed by atoms with Crippen LogP contribution in [-0.2, 0) is 0 Å². The van der Waals surface area contributed by atoms with Gasteiger partial charge in [-0.2, -0.15) is 0 Å². The Balaban J connectivity index is 2.04. The number of ether oxygens (including phenoxy) is 1. The molecule has 0 saturated carbocycles. The molecule has 2 unspecified atom stereocenters. The van der Waals surface area contributed by atoms with E-state index in [0.717, 1.165) is 0 Å². The van der Waals surface area contributed by atoms with E-state index in [1.807, 2.05) is 0 Å². The maximum Gasteiger partial charge on any atom is 0.126 e. The van der Waals surface area contributed by atoms with Crippen LogP contribution in [0.1, 0.15) is 18.6 Å². The number of aliphatic hydroxyl groups excluding tert-OH is 1. The van der Waals surface area contributed by atoms with Gasteiger partial charge in [0, 0.05) is 10.6 Å². The van der Waals surface area contributed by atoms with E-state index in [9.17, 15) is 5.11 Å². The van der Waals surface area contributed by atoms with E-state index >= 15 is 0 Å². The maximum absolute atomic E-state index is 9.99. The average Bonchev–Trinajstić information content (AvgIpc) is 2.81. The first-order valence-corrected chi connectivity index (χ1v) is 5.67. The predicted octanol–water partition coefficient (Wildman–Crippen LogP) is 3.43. The summed E-state index contributed by atoms with van der Waals surface area (Å²) in [4.78, 5) is 0. The second kappa shape index (κ2) is 5.25. The number of rotatable bonds is 4. The van der Waals surface area contributed by atoms with Crippen molar-refractivity contribution >= 4 is 11.6 Å². The molecule has 0 radical (unpaired) electrons. The summed E-state index contributed by atoms with van der Waals surface area (Å²) >= 11 is 5.85. The first kappa shape index (κ1) is 12.0. The highest BCUT2D eigenvalue weighted by molar-refractivity contribution is 6.30. The fourth-order valence-electron chi connectivity index (χ4n) is 1.53. The summed E-state index contributed by atoms with van der Waals surface area (Å²) < 4.78 is 10.5. The van der Waals surface area contributed by atoms with E-state index in [1.165, 1.54) is 12.5 Å². The van der Waals surface area contributed by atoms with Crippen LogP contribution >= 0.6 is 11.6 Å². The van der Waals surface area contributed by atoms with Crippen molar-refractivity contribution in [3.8, 4) is 5.75 Å². The third-order valence-corrected chi connectivity index (χ3v) is 2.68. The normalized spacial score (nSPS) is 14.3. The van der Waals surface area contributed by atoms with Gasteiger partial charge in [0.1, 0.15) is 18.0 Å². The van der Waals surface area contributed by atoms with Gasteiger partial charge in [-0.3, -0.25) is 0 Å². The lowest BCUT2D eigenvalue weighted by molar-refractivity contribution is 0.0464. The summed E-state index contributed by atoms with van der Waals surface area (Å²) in [5.74, 6) is 0.632. The molecule has 90 valence electrons. The van der Waals surface area contributed by atoms with E-state index in [1.54, 1.807) is 37.3 Å². The Morgan fingerprint density at radius 3 is 2.82 bits per heavy atom. The highest BCUT2D eigenvalue weighted by Crippen LogP contribution is 2.24. The minimum absolute atomic E-state index is 0.383. The highest BCUT2D eigenvalue weighted by Gasteiger charge is 2.19. The molecule has 0 aliphatic carbocycles. The van der Waals surface area contributed by atoms with E-state index in [4.69, 9.17) is 20.8 Å². The Labute approximate surface area is 105 Å². The number of halogens is 1. The summed E-state index contributed by atoms with van der Waals surface area (Å²) in [7, 11) is 0. The van der Waals surface area contributed by atoms with Gasteiger partial charge in [0.15, 0.2) is 0 Å². The summed E-state index contributed by atoms with van der Waals surface area (Å²) in [6, 6.07) is 8.79. The molecule has 17 heavy (non-hydrogen) atoms. The van der Waals surface area contributed by atoms with Crippen molar-refractivity contribution in [2.24, 2.45) is 0 Å². The Morgan fingerprint density at radius 1 is 1.35 bits per heavy atom. The van der Waals surface area contributed by atoms with E-state index in [-0.39, 0.29) is 6.10 Å². The number of benzene rings is 1. The van der Waals surface area contributed by atoms with Crippen molar-refractivity contribution in [1.29, 1.82) is 0 Å². The van der Waals surface area contributed by atoms with Gasteiger partial charge in [-0.05, 0) is 31.2 Å². The fourth-order valence-corrected chi connectivity index (χ4v) is 1.71. The van der Waals surface area contributed by atoms with E-state index < -0.39 is 6.10 Å². The SMILES string of the molecule is CC(Oc1cccc(Cl)c1)C(O)c1ccoc1. The van der Waals surface area contributed by atoms with Gasteiger partial charge in [-0.1, -0.05) is 17.7 Å². The molecule has 0 saturated heterocycles. The van der Waals surface area contributed by atoms with Crippen LogP contribution in [0.3, 0.4) is 0 Å². The molecule has 2 aromatic rings. The minimum atomic E-state index is -0.729. The van der Waals surface area contributed by atoms with Crippen molar-refractivity contribution < 1.29 is 14.3 Å². The molecule has 1 N–H and O–H groups in total. The van der Waals surface area contributed by atoms with Gasteiger partial charge >= 0.3 is 0 Å². The summed E-state index contributed by atoms with van der Waals surface area (Å²) in [5.41, 5.74) is 0.694. The Bertz CT molecular complexity index is 467. The van der Waals surface area contributed by atoms with Crippen LogP contribution in [0.5, 0.6) is 5.75 Å². The van der Waals surface area contributed by atoms with Crippen molar-refractivity contribution in [3.63, 3.8) is 0 Å². The molecule has 4 heteroatoms. The predicted molar refractivity (Wildman–Crippen MR) is 65.2 cm³/mol. The average molecular weight is 253 g/mol. The van der Waals surface area contributed by atoms with Crippen molar-refractivity contribution in [1.82, 2.24) is 0 Å². The van der Waals surface area contributed by atoms with Gasteiger partial charge in [-0.15, -0.1) is 0 Å². The molecule has 2 atom stereocenters. The van der Waals surface area contributed by atoms with Gasteiger partial charge in [0.25, 0.3) is 0 Å². The lowest BCUT2D eigenvalue weighted by Gasteiger charge is -2.19. The molecule has 0 aliphatic rings. The Kier molecular flexibility index (Phi) is 3.71. The molecule has 1 aromatic carbocycles. The molecule has 0 fully saturated rings. The standard InChI is InChI=1S/C13H13ClO3/c1-9(13(15)10-5-6-16-8-10)17-12-4-2-3-11(14)7-12/h2-9,13,15H,1H3. The molecule has 3 nitrogen and oxygen atoms in total. The quantitative estimate of drug-likeness (QED) is 0.907. The molecule has 0 spiro atoms. The maximum atomic E-state index is 9.99. The molecular weight excluding hydrogens is 240 g/mol. The van der Waals surface area contributed by atoms with Crippen LogP contribution in [-0.4, -0.2) is 11.2 Å². The van der Waals surface area contributed by atoms with Crippen LogP contribution in [0, 0.1) is 0 Å². The lowest BCUT2D eigenvalue weighted by atomic mass is 10.1. The van der Waals surface area contributed by atoms with Gasteiger partial charge in [-0.25, -0.2) is 0 Å². The molecule has 1 aromatic heterocycles. The summed E-state index contributed by atoms with van der Waals surface area (Å²) in [6.45, 7) is 1.79. The Hall–Kier alpha value is -1.45. The Morgan fingerprint density at radius 2 is 2.18 bits per heavy atom. The zero-order valence-corrected chi connectivity index (χ0v) is 10.1. The summed E-state index contributed by atoms with van der Waals surface area (Å²) in [6.07, 6.45) is 1.91. The first-order valence-electron chi connectivity index (χ1n) is 5.29.